The molecule has 2 aromatic carbocycles. The van der Waals surface area contributed by atoms with Gasteiger partial charge in [0, 0.05) is 0 Å². The van der Waals surface area contributed by atoms with Crippen LogP contribution in [0.4, 0.5) is 0 Å². The number of nitriles is 1. The van der Waals surface area contributed by atoms with Crippen molar-refractivity contribution < 1.29 is 4.74 Å². The summed E-state index contributed by atoms with van der Waals surface area (Å²) in [6.07, 6.45) is 1.00. The molecule has 3 nitrogen and oxygen atoms in total. The van der Waals surface area contributed by atoms with E-state index in [0.717, 1.165) is 24.3 Å². The highest BCUT2D eigenvalue weighted by Gasteiger charge is 2.06. The monoisotopic (exact) mass is 280 g/mol. The molecule has 0 aromatic heterocycles. The van der Waals surface area contributed by atoms with Gasteiger partial charge in [-0.25, -0.2) is 0 Å². The van der Waals surface area contributed by atoms with E-state index in [0.29, 0.717) is 6.61 Å². The van der Waals surface area contributed by atoms with Crippen molar-refractivity contribution in [3.63, 3.8) is 0 Å². The summed E-state index contributed by atoms with van der Waals surface area (Å²) in [4.78, 5) is 0. The third-order valence-electron chi connectivity index (χ3n) is 3.17. The van der Waals surface area contributed by atoms with Crippen LogP contribution < -0.4 is 10.1 Å². The minimum absolute atomic E-state index is 0.265. The number of rotatable bonds is 7. The van der Waals surface area contributed by atoms with Crippen molar-refractivity contribution in [3.8, 4) is 22.9 Å². The van der Waals surface area contributed by atoms with Crippen LogP contribution in [0, 0.1) is 11.3 Å². The topological polar surface area (TPSA) is 45.0 Å². The van der Waals surface area contributed by atoms with E-state index in [1.54, 1.807) is 0 Å². The number of ether oxygens (including phenoxy) is 1. The van der Waals surface area contributed by atoms with Gasteiger partial charge in [0.1, 0.15) is 18.4 Å². The Morgan fingerprint density at radius 3 is 2.33 bits per heavy atom. The molecule has 0 saturated heterocycles. The highest BCUT2D eigenvalue weighted by molar-refractivity contribution is 5.63. The Morgan fingerprint density at radius 1 is 1.05 bits per heavy atom. The largest absolute Gasteiger partial charge is 0.491 e. The molecule has 1 unspecified atom stereocenters. The lowest BCUT2D eigenvalue weighted by molar-refractivity contribution is 0.289. The van der Waals surface area contributed by atoms with Crippen LogP contribution in [0.1, 0.15) is 13.3 Å². The first-order valence-electron chi connectivity index (χ1n) is 7.24. The van der Waals surface area contributed by atoms with Crippen LogP contribution >= 0.6 is 0 Å². The molecule has 21 heavy (non-hydrogen) atoms. The summed E-state index contributed by atoms with van der Waals surface area (Å²) in [6, 6.07) is 20.1. The lowest BCUT2D eigenvalue weighted by Crippen LogP contribution is -2.33. The molecule has 0 heterocycles. The summed E-state index contributed by atoms with van der Waals surface area (Å²) in [6.45, 7) is 3.26. The second-order valence-corrected chi connectivity index (χ2v) is 4.84. The lowest BCUT2D eigenvalue weighted by atomic mass is 10.1. The van der Waals surface area contributed by atoms with E-state index in [4.69, 9.17) is 10.00 Å². The highest BCUT2D eigenvalue weighted by atomic mass is 16.5. The zero-order chi connectivity index (χ0) is 14.9. The van der Waals surface area contributed by atoms with Crippen LogP contribution in [0.2, 0.25) is 0 Å². The number of nitrogens with zero attached hydrogens (tertiary/aromatic N) is 1. The van der Waals surface area contributed by atoms with Gasteiger partial charge in [-0.15, -0.1) is 0 Å². The maximum atomic E-state index is 9.03. The zero-order valence-electron chi connectivity index (χ0n) is 12.3. The van der Waals surface area contributed by atoms with Gasteiger partial charge in [-0.1, -0.05) is 49.4 Å². The van der Waals surface area contributed by atoms with Gasteiger partial charge in [0.25, 0.3) is 0 Å². The fourth-order valence-electron chi connectivity index (χ4n) is 2.01. The normalized spacial score (nSPS) is 11.6. The maximum Gasteiger partial charge on any atom is 0.130 e. The summed E-state index contributed by atoms with van der Waals surface area (Å²) in [5.74, 6) is 0.785. The molecule has 0 aliphatic rings. The van der Waals surface area contributed by atoms with Crippen LogP contribution in [0.5, 0.6) is 5.75 Å². The molecule has 0 bridgehead atoms. The van der Waals surface area contributed by atoms with E-state index in [9.17, 15) is 0 Å². The van der Waals surface area contributed by atoms with Crippen molar-refractivity contribution in [3.05, 3.63) is 54.6 Å². The molecule has 1 N–H and O–H groups in total. The average molecular weight is 280 g/mol. The van der Waals surface area contributed by atoms with Crippen LogP contribution in [0.25, 0.3) is 11.1 Å². The van der Waals surface area contributed by atoms with Crippen LogP contribution in [0.3, 0.4) is 0 Å². The third-order valence-corrected chi connectivity index (χ3v) is 3.17. The zero-order valence-corrected chi connectivity index (χ0v) is 12.3. The minimum atomic E-state index is -0.265. The smallest absolute Gasteiger partial charge is 0.130 e. The Morgan fingerprint density at radius 2 is 1.71 bits per heavy atom. The Bertz CT molecular complexity index is 572. The third kappa shape index (κ3) is 4.62. The van der Waals surface area contributed by atoms with Crippen LogP contribution in [-0.2, 0) is 0 Å². The van der Waals surface area contributed by atoms with Gasteiger partial charge >= 0.3 is 0 Å². The van der Waals surface area contributed by atoms with Crippen molar-refractivity contribution in [2.24, 2.45) is 0 Å². The Labute approximate surface area is 126 Å². The Balaban J connectivity index is 1.92. The Hall–Kier alpha value is -2.31. The van der Waals surface area contributed by atoms with Crippen molar-refractivity contribution in [1.29, 1.82) is 5.26 Å². The van der Waals surface area contributed by atoms with Crippen LogP contribution in [0.15, 0.2) is 54.6 Å². The fourth-order valence-corrected chi connectivity index (χ4v) is 2.01. The van der Waals surface area contributed by atoms with Crippen molar-refractivity contribution in [2.75, 3.05) is 13.2 Å². The van der Waals surface area contributed by atoms with E-state index in [1.807, 2.05) is 42.5 Å². The number of hydrogen-bond acceptors (Lipinski definition) is 3. The van der Waals surface area contributed by atoms with Crippen molar-refractivity contribution in [2.45, 2.75) is 19.4 Å². The fraction of sp³-hybridized carbons (Fsp3) is 0.278. The molecule has 0 fully saturated rings. The van der Waals surface area contributed by atoms with Gasteiger partial charge in [-0.05, 0) is 36.2 Å². The van der Waals surface area contributed by atoms with E-state index in [1.165, 1.54) is 5.56 Å². The second kappa shape index (κ2) is 8.08. The van der Waals surface area contributed by atoms with Gasteiger partial charge in [-0.2, -0.15) is 5.26 Å². The van der Waals surface area contributed by atoms with Crippen molar-refractivity contribution in [1.82, 2.24) is 5.32 Å². The first-order chi connectivity index (χ1) is 10.3. The first-order valence-corrected chi connectivity index (χ1v) is 7.24. The van der Waals surface area contributed by atoms with E-state index < -0.39 is 0 Å². The second-order valence-electron chi connectivity index (χ2n) is 4.84. The molecule has 0 aliphatic carbocycles. The van der Waals surface area contributed by atoms with Gasteiger partial charge in [0.2, 0.25) is 0 Å². The molecule has 0 spiro atoms. The van der Waals surface area contributed by atoms with E-state index in [-0.39, 0.29) is 6.04 Å². The molecule has 0 radical (unpaired) electrons. The van der Waals surface area contributed by atoms with Gasteiger partial charge in [0.05, 0.1) is 6.07 Å². The predicted molar refractivity (Wildman–Crippen MR) is 85.1 cm³/mol. The molecular weight excluding hydrogens is 260 g/mol. The molecule has 3 heteroatoms. The van der Waals surface area contributed by atoms with Gasteiger partial charge in [0.15, 0.2) is 0 Å². The SMILES string of the molecule is CCCNC(C#N)COc1ccc(-c2ccccc2)cc1. The molecular formula is C18H20N2O. The minimum Gasteiger partial charge on any atom is -0.491 e. The maximum absolute atomic E-state index is 9.03. The van der Waals surface area contributed by atoms with Gasteiger partial charge in [-0.3, -0.25) is 5.32 Å². The summed E-state index contributed by atoms with van der Waals surface area (Å²) in [5, 5.41) is 12.2. The van der Waals surface area contributed by atoms with Crippen molar-refractivity contribution >= 4 is 0 Å². The first kappa shape index (κ1) is 15.1. The molecule has 0 amide bonds. The van der Waals surface area contributed by atoms with E-state index in [2.05, 4.69) is 30.4 Å². The molecule has 2 aromatic rings. The number of nitrogens with one attached hydrogen (secondary N) is 1. The summed E-state index contributed by atoms with van der Waals surface area (Å²) in [7, 11) is 0. The summed E-state index contributed by atoms with van der Waals surface area (Å²) in [5.41, 5.74) is 2.34. The Kier molecular flexibility index (Phi) is 5.81. The molecule has 0 saturated carbocycles. The highest BCUT2D eigenvalue weighted by Crippen LogP contribution is 2.22. The lowest BCUT2D eigenvalue weighted by Gasteiger charge is -2.12. The summed E-state index contributed by atoms with van der Waals surface area (Å²) < 4.78 is 5.66. The quantitative estimate of drug-likeness (QED) is 0.842. The molecule has 108 valence electrons. The number of hydrogen-bond donors (Lipinski definition) is 1. The predicted octanol–water partition coefficient (Wildman–Crippen LogP) is 3.62. The van der Waals surface area contributed by atoms with E-state index >= 15 is 0 Å². The molecule has 1 atom stereocenters. The van der Waals surface area contributed by atoms with Crippen LogP contribution in [-0.4, -0.2) is 19.2 Å². The average Bonchev–Trinajstić information content (AvgIpc) is 2.56. The van der Waals surface area contributed by atoms with Gasteiger partial charge < -0.3 is 4.74 Å². The molecule has 0 aliphatic heterocycles. The summed E-state index contributed by atoms with van der Waals surface area (Å²) >= 11 is 0. The standard InChI is InChI=1S/C18H20N2O/c1-2-12-20-17(13-19)14-21-18-10-8-16(9-11-18)15-6-4-3-5-7-15/h3-11,17,20H,2,12,14H2,1H3. The molecule has 2 rings (SSSR count). The number of benzene rings is 2.